The van der Waals surface area contributed by atoms with Crippen molar-refractivity contribution in [1.29, 1.82) is 0 Å². The summed E-state index contributed by atoms with van der Waals surface area (Å²) < 4.78 is 16.7. The Morgan fingerprint density at radius 3 is 2.65 bits per heavy atom. The monoisotopic (exact) mass is 280 g/mol. The van der Waals surface area contributed by atoms with Crippen molar-refractivity contribution in [2.45, 2.75) is 45.7 Å². The quantitative estimate of drug-likeness (QED) is 0.462. The van der Waals surface area contributed by atoms with Crippen molar-refractivity contribution in [2.75, 3.05) is 13.2 Å². The first-order valence-electron chi connectivity index (χ1n) is 7.08. The minimum Gasteiger partial charge on any atom is -0.374 e. The number of ether oxygens (including phenoxy) is 3. The fraction of sp³-hybridized carbons (Fsp3) is 0.562. The van der Waals surface area contributed by atoms with Gasteiger partial charge in [0.1, 0.15) is 6.29 Å². The topological polar surface area (TPSA) is 44.8 Å². The van der Waals surface area contributed by atoms with E-state index in [1.54, 1.807) is 0 Å². The van der Waals surface area contributed by atoms with E-state index in [4.69, 9.17) is 14.2 Å². The summed E-state index contributed by atoms with van der Waals surface area (Å²) in [6, 6.07) is 9.98. The van der Waals surface area contributed by atoms with E-state index in [1.165, 1.54) is 0 Å². The molecule has 0 aliphatic rings. The minimum absolute atomic E-state index is 0.120. The van der Waals surface area contributed by atoms with Crippen LogP contribution >= 0.6 is 0 Å². The second-order valence-corrected chi connectivity index (χ2v) is 4.53. The van der Waals surface area contributed by atoms with Gasteiger partial charge in [-0.1, -0.05) is 30.3 Å². The zero-order valence-corrected chi connectivity index (χ0v) is 12.3. The molecular formula is C16H24O4. The Morgan fingerprint density at radius 2 is 2.00 bits per heavy atom. The number of carbonyl (C=O) groups is 1. The maximum Gasteiger partial charge on any atom is 0.155 e. The molecule has 1 aromatic rings. The van der Waals surface area contributed by atoms with Gasteiger partial charge in [-0.15, -0.1) is 0 Å². The molecule has 20 heavy (non-hydrogen) atoms. The first kappa shape index (κ1) is 16.8. The highest BCUT2D eigenvalue weighted by molar-refractivity contribution is 5.49. The van der Waals surface area contributed by atoms with Crippen LogP contribution in [0.2, 0.25) is 0 Å². The fourth-order valence-corrected chi connectivity index (χ4v) is 1.87. The van der Waals surface area contributed by atoms with Crippen molar-refractivity contribution in [2.24, 2.45) is 0 Å². The van der Waals surface area contributed by atoms with Gasteiger partial charge in [-0.25, -0.2) is 0 Å². The van der Waals surface area contributed by atoms with Crippen molar-refractivity contribution in [1.82, 2.24) is 0 Å². The van der Waals surface area contributed by atoms with Crippen LogP contribution in [-0.4, -0.2) is 31.9 Å². The summed E-state index contributed by atoms with van der Waals surface area (Å²) in [6.07, 6.45) is 1.62. The van der Waals surface area contributed by atoms with Crippen molar-refractivity contribution < 1.29 is 19.0 Å². The highest BCUT2D eigenvalue weighted by Crippen LogP contribution is 2.09. The van der Waals surface area contributed by atoms with E-state index in [9.17, 15) is 4.79 Å². The predicted octanol–water partition coefficient (Wildman–Crippen LogP) is 2.95. The average Bonchev–Trinajstić information content (AvgIpc) is 2.46. The smallest absolute Gasteiger partial charge is 0.155 e. The molecule has 4 heteroatoms. The molecule has 0 aliphatic carbocycles. The lowest BCUT2D eigenvalue weighted by Crippen LogP contribution is -2.26. The lowest BCUT2D eigenvalue weighted by Gasteiger charge is -2.21. The molecule has 0 aliphatic heterocycles. The summed E-state index contributed by atoms with van der Waals surface area (Å²) >= 11 is 0. The van der Waals surface area contributed by atoms with Gasteiger partial charge in [-0.3, -0.25) is 0 Å². The number of benzene rings is 1. The van der Waals surface area contributed by atoms with Crippen LogP contribution in [0.15, 0.2) is 30.3 Å². The van der Waals surface area contributed by atoms with Crippen LogP contribution < -0.4 is 0 Å². The second kappa shape index (κ2) is 10.5. The Balaban J connectivity index is 2.33. The maximum atomic E-state index is 10.5. The van der Waals surface area contributed by atoms with E-state index >= 15 is 0 Å². The van der Waals surface area contributed by atoms with Crippen molar-refractivity contribution in [3.63, 3.8) is 0 Å². The van der Waals surface area contributed by atoms with E-state index in [-0.39, 0.29) is 12.4 Å². The standard InChI is InChI=1S/C16H24O4/c1-3-19-14(2)20-16(10-7-11-17)13-18-12-15-8-5-4-6-9-15/h4-6,8-9,11,14,16H,3,7,10,12-13H2,1-2H3/t14?,16-/m1/s1. The molecule has 0 saturated heterocycles. The minimum atomic E-state index is -0.281. The summed E-state index contributed by atoms with van der Waals surface area (Å²) in [5.41, 5.74) is 1.12. The lowest BCUT2D eigenvalue weighted by molar-refractivity contribution is -0.173. The van der Waals surface area contributed by atoms with Gasteiger partial charge >= 0.3 is 0 Å². The Kier molecular flexibility index (Phi) is 8.87. The Labute approximate surface area is 121 Å². The molecule has 0 bridgehead atoms. The van der Waals surface area contributed by atoms with Crippen LogP contribution in [0.3, 0.4) is 0 Å². The molecule has 0 fully saturated rings. The summed E-state index contributed by atoms with van der Waals surface area (Å²) in [6.45, 7) is 5.39. The molecule has 1 rings (SSSR count). The van der Waals surface area contributed by atoms with E-state index < -0.39 is 0 Å². The van der Waals surface area contributed by atoms with Crippen LogP contribution in [0.5, 0.6) is 0 Å². The molecule has 0 N–H and O–H groups in total. The van der Waals surface area contributed by atoms with Crippen LogP contribution in [0.25, 0.3) is 0 Å². The molecule has 0 aromatic heterocycles. The van der Waals surface area contributed by atoms with E-state index in [2.05, 4.69) is 0 Å². The van der Waals surface area contributed by atoms with Gasteiger partial charge < -0.3 is 19.0 Å². The summed E-state index contributed by atoms with van der Waals surface area (Å²) in [7, 11) is 0. The molecule has 0 amide bonds. The zero-order valence-electron chi connectivity index (χ0n) is 12.3. The highest BCUT2D eigenvalue weighted by atomic mass is 16.7. The number of carbonyl (C=O) groups excluding carboxylic acids is 1. The van der Waals surface area contributed by atoms with Crippen molar-refractivity contribution in [3.8, 4) is 0 Å². The van der Waals surface area contributed by atoms with E-state index in [0.29, 0.717) is 32.7 Å². The average molecular weight is 280 g/mol. The number of hydrogen-bond donors (Lipinski definition) is 0. The third-order valence-corrected chi connectivity index (χ3v) is 2.81. The molecule has 2 atom stereocenters. The fourth-order valence-electron chi connectivity index (χ4n) is 1.87. The molecule has 112 valence electrons. The summed E-state index contributed by atoms with van der Waals surface area (Å²) in [5, 5.41) is 0. The van der Waals surface area contributed by atoms with Crippen LogP contribution in [0, 0.1) is 0 Å². The molecule has 0 heterocycles. The van der Waals surface area contributed by atoms with Gasteiger partial charge in [0.15, 0.2) is 6.29 Å². The molecule has 1 aromatic carbocycles. The second-order valence-electron chi connectivity index (χ2n) is 4.53. The van der Waals surface area contributed by atoms with Crippen LogP contribution in [-0.2, 0) is 25.6 Å². The Hall–Kier alpha value is -1.23. The Morgan fingerprint density at radius 1 is 1.25 bits per heavy atom. The van der Waals surface area contributed by atoms with Crippen LogP contribution in [0.4, 0.5) is 0 Å². The highest BCUT2D eigenvalue weighted by Gasteiger charge is 2.13. The molecule has 1 unspecified atom stereocenters. The van der Waals surface area contributed by atoms with E-state index in [0.717, 1.165) is 11.8 Å². The number of aldehydes is 1. The van der Waals surface area contributed by atoms with Gasteiger partial charge in [0.05, 0.1) is 19.3 Å². The third kappa shape index (κ3) is 7.38. The molecular weight excluding hydrogens is 256 g/mol. The molecule has 0 spiro atoms. The van der Waals surface area contributed by atoms with Crippen molar-refractivity contribution >= 4 is 6.29 Å². The van der Waals surface area contributed by atoms with Crippen LogP contribution in [0.1, 0.15) is 32.3 Å². The van der Waals surface area contributed by atoms with E-state index in [1.807, 2.05) is 44.2 Å². The first-order valence-corrected chi connectivity index (χ1v) is 7.08. The van der Waals surface area contributed by atoms with Gasteiger partial charge in [0.2, 0.25) is 0 Å². The largest absolute Gasteiger partial charge is 0.374 e. The predicted molar refractivity (Wildman–Crippen MR) is 77.4 cm³/mol. The normalized spacial score (nSPS) is 13.9. The Bertz CT molecular complexity index is 353. The first-order chi connectivity index (χ1) is 9.76. The summed E-state index contributed by atoms with van der Waals surface area (Å²) in [5.74, 6) is 0. The van der Waals surface area contributed by atoms with Gasteiger partial charge in [-0.2, -0.15) is 0 Å². The molecule has 0 radical (unpaired) electrons. The summed E-state index contributed by atoms with van der Waals surface area (Å²) in [4.78, 5) is 10.5. The lowest BCUT2D eigenvalue weighted by atomic mass is 10.2. The maximum absolute atomic E-state index is 10.5. The SMILES string of the molecule is CCOC(C)O[C@H](CCC=O)COCc1ccccc1. The third-order valence-electron chi connectivity index (χ3n) is 2.81. The van der Waals surface area contributed by atoms with Gasteiger partial charge in [-0.05, 0) is 25.8 Å². The number of hydrogen-bond acceptors (Lipinski definition) is 4. The molecule has 4 nitrogen and oxygen atoms in total. The zero-order chi connectivity index (χ0) is 14.6. The van der Waals surface area contributed by atoms with Crippen molar-refractivity contribution in [3.05, 3.63) is 35.9 Å². The number of rotatable bonds is 11. The van der Waals surface area contributed by atoms with Gasteiger partial charge in [0, 0.05) is 13.0 Å². The molecule has 0 saturated carbocycles. The van der Waals surface area contributed by atoms with Gasteiger partial charge in [0.25, 0.3) is 0 Å².